The van der Waals surface area contributed by atoms with Crippen LogP contribution in [0, 0.1) is 0 Å². The smallest absolute Gasteiger partial charge is 0.239 e. The lowest BCUT2D eigenvalue weighted by Crippen LogP contribution is -2.31. The van der Waals surface area contributed by atoms with E-state index in [1.807, 2.05) is 48.5 Å². The highest BCUT2D eigenvalue weighted by Gasteiger charge is 2.02. The van der Waals surface area contributed by atoms with Crippen molar-refractivity contribution in [2.45, 2.75) is 6.42 Å². The van der Waals surface area contributed by atoms with Gasteiger partial charge in [0.15, 0.2) is 0 Å². The van der Waals surface area contributed by atoms with Crippen LogP contribution in [0.25, 0.3) is 0 Å². The molecule has 0 unspecified atom stereocenters. The number of carbonyl (C=O) groups is 1. The third kappa shape index (κ3) is 4.59. The van der Waals surface area contributed by atoms with E-state index in [2.05, 4.69) is 10.6 Å². The van der Waals surface area contributed by atoms with Crippen LogP contribution >= 0.6 is 11.6 Å². The average molecular weight is 289 g/mol. The van der Waals surface area contributed by atoms with Crippen LogP contribution in [0.15, 0.2) is 54.6 Å². The van der Waals surface area contributed by atoms with Gasteiger partial charge in [-0.1, -0.05) is 54.1 Å². The predicted octanol–water partition coefficient (Wildman–Crippen LogP) is 3.11. The molecule has 0 bridgehead atoms. The molecule has 104 valence electrons. The van der Waals surface area contributed by atoms with E-state index >= 15 is 0 Å². The second-order valence-electron chi connectivity index (χ2n) is 4.42. The first-order chi connectivity index (χ1) is 9.75. The van der Waals surface area contributed by atoms with Gasteiger partial charge >= 0.3 is 0 Å². The highest BCUT2D eigenvalue weighted by Crippen LogP contribution is 2.19. The minimum Gasteiger partial charge on any atom is -0.375 e. The van der Waals surface area contributed by atoms with Crippen LogP contribution in [0.2, 0.25) is 5.02 Å². The normalized spacial score (nSPS) is 10.1. The molecule has 20 heavy (non-hydrogen) atoms. The zero-order valence-electron chi connectivity index (χ0n) is 11.1. The maximum absolute atomic E-state index is 11.7. The first kappa shape index (κ1) is 14.4. The van der Waals surface area contributed by atoms with Crippen LogP contribution in [0.4, 0.5) is 5.69 Å². The third-order valence-corrected chi connectivity index (χ3v) is 3.22. The second kappa shape index (κ2) is 7.56. The van der Waals surface area contributed by atoms with E-state index in [9.17, 15) is 4.79 Å². The Morgan fingerprint density at radius 3 is 2.45 bits per heavy atom. The van der Waals surface area contributed by atoms with Gasteiger partial charge in [-0.05, 0) is 24.1 Å². The van der Waals surface area contributed by atoms with Crippen molar-refractivity contribution in [3.8, 4) is 0 Å². The third-order valence-electron chi connectivity index (χ3n) is 2.89. The number of carbonyl (C=O) groups excluding carboxylic acids is 1. The fraction of sp³-hybridized carbons (Fsp3) is 0.188. The highest BCUT2D eigenvalue weighted by atomic mass is 35.5. The number of benzene rings is 2. The molecule has 1 amide bonds. The van der Waals surface area contributed by atoms with E-state index in [-0.39, 0.29) is 12.5 Å². The van der Waals surface area contributed by atoms with Crippen LogP contribution in [0.5, 0.6) is 0 Å². The summed E-state index contributed by atoms with van der Waals surface area (Å²) in [6.07, 6.45) is 0.832. The van der Waals surface area contributed by atoms with Crippen LogP contribution in [-0.4, -0.2) is 19.0 Å². The molecule has 0 heterocycles. The average Bonchev–Trinajstić information content (AvgIpc) is 2.47. The summed E-state index contributed by atoms with van der Waals surface area (Å²) in [5, 5.41) is 6.51. The zero-order valence-corrected chi connectivity index (χ0v) is 11.9. The van der Waals surface area contributed by atoms with Gasteiger partial charge < -0.3 is 10.6 Å². The van der Waals surface area contributed by atoms with Gasteiger partial charge in [0, 0.05) is 6.54 Å². The van der Waals surface area contributed by atoms with E-state index in [0.717, 1.165) is 12.1 Å². The van der Waals surface area contributed by atoms with Crippen molar-refractivity contribution < 1.29 is 4.79 Å². The largest absolute Gasteiger partial charge is 0.375 e. The van der Waals surface area contributed by atoms with Gasteiger partial charge in [-0.2, -0.15) is 0 Å². The van der Waals surface area contributed by atoms with Gasteiger partial charge in [0.2, 0.25) is 5.91 Å². The molecule has 3 nitrogen and oxygen atoms in total. The summed E-state index contributed by atoms with van der Waals surface area (Å²) in [5.41, 5.74) is 1.99. The molecule has 0 aliphatic carbocycles. The molecule has 2 rings (SSSR count). The number of para-hydroxylation sites is 1. The molecule has 0 saturated carbocycles. The zero-order chi connectivity index (χ0) is 14.2. The molecule has 0 atom stereocenters. The lowest BCUT2D eigenvalue weighted by atomic mass is 10.1. The van der Waals surface area contributed by atoms with Crippen LogP contribution in [0.1, 0.15) is 5.56 Å². The number of halogens is 1. The molecule has 0 aliphatic rings. The molecule has 0 radical (unpaired) electrons. The Morgan fingerprint density at radius 1 is 1.00 bits per heavy atom. The Bertz CT molecular complexity index is 557. The molecule has 0 spiro atoms. The SMILES string of the molecule is O=C(CNc1ccccc1Cl)NCCc1ccccc1. The van der Waals surface area contributed by atoms with Crippen LogP contribution < -0.4 is 10.6 Å². The highest BCUT2D eigenvalue weighted by molar-refractivity contribution is 6.33. The molecule has 0 saturated heterocycles. The lowest BCUT2D eigenvalue weighted by molar-refractivity contribution is -0.119. The van der Waals surface area contributed by atoms with Crippen molar-refractivity contribution in [3.63, 3.8) is 0 Å². The number of nitrogens with one attached hydrogen (secondary N) is 2. The lowest BCUT2D eigenvalue weighted by Gasteiger charge is -2.09. The van der Waals surface area contributed by atoms with Crippen molar-refractivity contribution in [1.82, 2.24) is 5.32 Å². The van der Waals surface area contributed by atoms with Gasteiger partial charge in [-0.3, -0.25) is 4.79 Å². The maximum Gasteiger partial charge on any atom is 0.239 e. The van der Waals surface area contributed by atoms with Crippen molar-refractivity contribution in [2.24, 2.45) is 0 Å². The van der Waals surface area contributed by atoms with Gasteiger partial charge in [0.1, 0.15) is 0 Å². The maximum atomic E-state index is 11.7. The summed E-state index contributed by atoms with van der Waals surface area (Å²) in [5.74, 6) is -0.0409. The molecular formula is C16H17ClN2O. The predicted molar refractivity (Wildman–Crippen MR) is 83.1 cm³/mol. The minimum atomic E-state index is -0.0409. The van der Waals surface area contributed by atoms with E-state index in [4.69, 9.17) is 11.6 Å². The summed E-state index contributed by atoms with van der Waals surface area (Å²) in [6, 6.07) is 17.4. The molecule has 0 aromatic heterocycles. The Hall–Kier alpha value is -2.00. The summed E-state index contributed by atoms with van der Waals surface area (Å²) in [7, 11) is 0. The minimum absolute atomic E-state index is 0.0409. The Morgan fingerprint density at radius 2 is 1.70 bits per heavy atom. The molecule has 0 aliphatic heterocycles. The number of anilines is 1. The first-order valence-corrected chi connectivity index (χ1v) is 6.92. The number of rotatable bonds is 6. The summed E-state index contributed by atoms with van der Waals surface area (Å²) < 4.78 is 0. The molecule has 2 aromatic carbocycles. The van der Waals surface area contributed by atoms with Gasteiger partial charge in [-0.25, -0.2) is 0 Å². The summed E-state index contributed by atoms with van der Waals surface area (Å²) in [4.78, 5) is 11.7. The standard InChI is InChI=1S/C16H17ClN2O/c17-14-8-4-5-9-15(14)19-12-16(20)18-11-10-13-6-2-1-3-7-13/h1-9,19H,10-12H2,(H,18,20). The van der Waals surface area contributed by atoms with Crippen LogP contribution in [0.3, 0.4) is 0 Å². The topological polar surface area (TPSA) is 41.1 Å². The molecule has 0 fully saturated rings. The Kier molecular flexibility index (Phi) is 5.44. The molecule has 4 heteroatoms. The quantitative estimate of drug-likeness (QED) is 0.857. The van der Waals surface area contributed by atoms with E-state index < -0.39 is 0 Å². The Labute approximate surface area is 124 Å². The molecule has 2 N–H and O–H groups in total. The van der Waals surface area contributed by atoms with Crippen molar-refractivity contribution in [2.75, 3.05) is 18.4 Å². The van der Waals surface area contributed by atoms with E-state index in [1.54, 1.807) is 6.07 Å². The monoisotopic (exact) mass is 288 g/mol. The van der Waals surface area contributed by atoms with Gasteiger partial charge in [0.05, 0.1) is 17.3 Å². The fourth-order valence-electron chi connectivity index (χ4n) is 1.83. The summed E-state index contributed by atoms with van der Waals surface area (Å²) >= 11 is 6.00. The fourth-order valence-corrected chi connectivity index (χ4v) is 2.04. The number of hydrogen-bond acceptors (Lipinski definition) is 2. The molecule has 2 aromatic rings. The molecular weight excluding hydrogens is 272 g/mol. The van der Waals surface area contributed by atoms with Crippen LogP contribution in [-0.2, 0) is 11.2 Å². The summed E-state index contributed by atoms with van der Waals surface area (Å²) in [6.45, 7) is 0.853. The van der Waals surface area contributed by atoms with E-state index in [0.29, 0.717) is 11.6 Å². The van der Waals surface area contributed by atoms with Crippen molar-refractivity contribution in [3.05, 3.63) is 65.2 Å². The Balaban J connectivity index is 1.70. The first-order valence-electron chi connectivity index (χ1n) is 6.55. The number of amides is 1. The van der Waals surface area contributed by atoms with Gasteiger partial charge in [0.25, 0.3) is 0 Å². The second-order valence-corrected chi connectivity index (χ2v) is 4.83. The number of hydrogen-bond donors (Lipinski definition) is 2. The van der Waals surface area contributed by atoms with Crippen molar-refractivity contribution >= 4 is 23.2 Å². The van der Waals surface area contributed by atoms with Gasteiger partial charge in [-0.15, -0.1) is 0 Å². The van der Waals surface area contributed by atoms with E-state index in [1.165, 1.54) is 5.56 Å². The van der Waals surface area contributed by atoms with Crippen molar-refractivity contribution in [1.29, 1.82) is 0 Å².